The summed E-state index contributed by atoms with van der Waals surface area (Å²) < 4.78 is 10.7. The van der Waals surface area contributed by atoms with Crippen LogP contribution in [0.2, 0.25) is 0 Å². The van der Waals surface area contributed by atoms with E-state index >= 15 is 0 Å². The normalized spacial score (nSPS) is 13.0. The lowest BCUT2D eigenvalue weighted by Crippen LogP contribution is -3.12. The SMILES string of the molecule is COc1ccc(C[NH+](C)[C@H](C)C(=O)Nc2ccc3ccccc3c2)c(OC)c1. The molecule has 0 aliphatic heterocycles. The summed E-state index contributed by atoms with van der Waals surface area (Å²) in [7, 11) is 5.28. The Morgan fingerprint density at radius 2 is 1.75 bits per heavy atom. The second kappa shape index (κ2) is 8.76. The zero-order chi connectivity index (χ0) is 20.1. The third kappa shape index (κ3) is 4.43. The summed E-state index contributed by atoms with van der Waals surface area (Å²) in [6.45, 7) is 2.60. The second-order valence-electron chi connectivity index (χ2n) is 6.97. The maximum Gasteiger partial charge on any atom is 0.282 e. The van der Waals surface area contributed by atoms with Gasteiger partial charge in [-0.05, 0) is 42.0 Å². The van der Waals surface area contributed by atoms with Gasteiger partial charge >= 0.3 is 0 Å². The molecular formula is C23H27N2O3+. The van der Waals surface area contributed by atoms with Crippen LogP contribution < -0.4 is 19.7 Å². The average Bonchev–Trinajstić information content (AvgIpc) is 2.73. The van der Waals surface area contributed by atoms with Crippen LogP contribution in [0.25, 0.3) is 10.8 Å². The van der Waals surface area contributed by atoms with E-state index < -0.39 is 0 Å². The van der Waals surface area contributed by atoms with Crippen LogP contribution in [0, 0.1) is 0 Å². The van der Waals surface area contributed by atoms with E-state index in [1.54, 1.807) is 14.2 Å². The lowest BCUT2D eigenvalue weighted by atomic mass is 10.1. The highest BCUT2D eigenvalue weighted by Gasteiger charge is 2.23. The summed E-state index contributed by atoms with van der Waals surface area (Å²) in [4.78, 5) is 13.8. The van der Waals surface area contributed by atoms with Crippen LogP contribution in [-0.4, -0.2) is 33.2 Å². The molecule has 5 heteroatoms. The van der Waals surface area contributed by atoms with Gasteiger partial charge in [0.1, 0.15) is 18.0 Å². The predicted molar refractivity (Wildman–Crippen MR) is 112 cm³/mol. The highest BCUT2D eigenvalue weighted by Crippen LogP contribution is 2.24. The van der Waals surface area contributed by atoms with E-state index in [0.717, 1.165) is 38.4 Å². The van der Waals surface area contributed by atoms with Crippen molar-refractivity contribution in [2.45, 2.75) is 19.5 Å². The van der Waals surface area contributed by atoms with Crippen molar-refractivity contribution in [1.29, 1.82) is 0 Å². The molecule has 2 atom stereocenters. The Balaban J connectivity index is 1.68. The molecule has 2 N–H and O–H groups in total. The maximum atomic E-state index is 12.8. The fourth-order valence-corrected chi connectivity index (χ4v) is 3.19. The molecule has 0 saturated heterocycles. The van der Waals surface area contributed by atoms with Crippen LogP contribution in [0.1, 0.15) is 12.5 Å². The highest BCUT2D eigenvalue weighted by atomic mass is 16.5. The van der Waals surface area contributed by atoms with Gasteiger partial charge in [0.2, 0.25) is 0 Å². The molecule has 0 bridgehead atoms. The van der Waals surface area contributed by atoms with Gasteiger partial charge in [0, 0.05) is 17.3 Å². The largest absolute Gasteiger partial charge is 0.497 e. The smallest absolute Gasteiger partial charge is 0.282 e. The molecule has 0 fully saturated rings. The molecular weight excluding hydrogens is 352 g/mol. The van der Waals surface area contributed by atoms with Gasteiger partial charge in [0.15, 0.2) is 6.04 Å². The molecule has 0 aliphatic carbocycles. The number of anilines is 1. The molecule has 1 amide bonds. The summed E-state index contributed by atoms with van der Waals surface area (Å²) in [6, 6.07) is 19.6. The number of quaternary nitrogens is 1. The average molecular weight is 379 g/mol. The number of fused-ring (bicyclic) bond motifs is 1. The van der Waals surface area contributed by atoms with Gasteiger partial charge in [0.05, 0.1) is 21.3 Å². The fraction of sp³-hybridized carbons (Fsp3) is 0.261. The lowest BCUT2D eigenvalue weighted by Gasteiger charge is -2.22. The number of hydrogen-bond donors (Lipinski definition) is 2. The van der Waals surface area contributed by atoms with Crippen LogP contribution in [-0.2, 0) is 11.3 Å². The van der Waals surface area contributed by atoms with Crippen molar-refractivity contribution in [2.24, 2.45) is 0 Å². The first kappa shape index (κ1) is 19.7. The first-order chi connectivity index (χ1) is 13.5. The van der Waals surface area contributed by atoms with E-state index in [1.807, 2.05) is 68.6 Å². The molecule has 0 saturated carbocycles. The number of methoxy groups -OCH3 is 2. The quantitative estimate of drug-likeness (QED) is 0.664. The topological polar surface area (TPSA) is 52.0 Å². The van der Waals surface area contributed by atoms with Crippen molar-refractivity contribution in [2.75, 3.05) is 26.6 Å². The molecule has 0 heterocycles. The minimum absolute atomic E-state index is 0.0136. The van der Waals surface area contributed by atoms with E-state index in [-0.39, 0.29) is 11.9 Å². The Kier molecular flexibility index (Phi) is 6.16. The van der Waals surface area contributed by atoms with E-state index in [9.17, 15) is 4.79 Å². The molecule has 0 aromatic heterocycles. The minimum Gasteiger partial charge on any atom is -0.497 e. The second-order valence-corrected chi connectivity index (χ2v) is 6.97. The summed E-state index contributed by atoms with van der Waals surface area (Å²) in [5, 5.41) is 5.30. The Hall–Kier alpha value is -3.05. The minimum atomic E-state index is -0.224. The highest BCUT2D eigenvalue weighted by molar-refractivity contribution is 5.96. The fourth-order valence-electron chi connectivity index (χ4n) is 3.19. The number of carbonyl (C=O) groups is 1. The zero-order valence-electron chi connectivity index (χ0n) is 16.8. The molecule has 3 aromatic rings. The number of likely N-dealkylation sites (N-methyl/N-ethyl adjacent to an activating group) is 1. The molecule has 1 unspecified atom stereocenters. The number of ether oxygens (including phenoxy) is 2. The van der Waals surface area contributed by atoms with Gasteiger partial charge in [-0.3, -0.25) is 4.79 Å². The monoisotopic (exact) mass is 379 g/mol. The van der Waals surface area contributed by atoms with Crippen molar-refractivity contribution in [1.82, 2.24) is 0 Å². The zero-order valence-corrected chi connectivity index (χ0v) is 16.8. The van der Waals surface area contributed by atoms with Crippen molar-refractivity contribution < 1.29 is 19.2 Å². The number of hydrogen-bond acceptors (Lipinski definition) is 3. The number of amides is 1. The lowest BCUT2D eigenvalue weighted by molar-refractivity contribution is -0.907. The summed E-state index contributed by atoms with van der Waals surface area (Å²) in [6.07, 6.45) is 0. The molecule has 5 nitrogen and oxygen atoms in total. The Morgan fingerprint density at radius 1 is 1.00 bits per heavy atom. The van der Waals surface area contributed by atoms with E-state index in [1.165, 1.54) is 0 Å². The Bertz CT molecular complexity index is 971. The predicted octanol–water partition coefficient (Wildman–Crippen LogP) is 2.90. The van der Waals surface area contributed by atoms with Crippen LogP contribution in [0.3, 0.4) is 0 Å². The molecule has 28 heavy (non-hydrogen) atoms. The van der Waals surface area contributed by atoms with Gasteiger partial charge in [-0.25, -0.2) is 0 Å². The number of nitrogens with one attached hydrogen (secondary N) is 2. The van der Waals surface area contributed by atoms with Gasteiger partial charge in [-0.2, -0.15) is 0 Å². The molecule has 146 valence electrons. The number of benzene rings is 3. The van der Waals surface area contributed by atoms with Crippen LogP contribution in [0.4, 0.5) is 5.69 Å². The van der Waals surface area contributed by atoms with Crippen molar-refractivity contribution in [3.8, 4) is 11.5 Å². The Morgan fingerprint density at radius 3 is 2.46 bits per heavy atom. The van der Waals surface area contributed by atoms with Gasteiger partial charge < -0.3 is 19.7 Å². The summed E-state index contributed by atoms with van der Waals surface area (Å²) in [5.41, 5.74) is 1.84. The maximum absolute atomic E-state index is 12.8. The first-order valence-electron chi connectivity index (χ1n) is 9.34. The molecule has 0 aliphatic rings. The van der Waals surface area contributed by atoms with E-state index in [2.05, 4.69) is 11.4 Å². The molecule has 0 radical (unpaired) electrons. The van der Waals surface area contributed by atoms with E-state index in [4.69, 9.17) is 9.47 Å². The van der Waals surface area contributed by atoms with Gasteiger partial charge in [0.25, 0.3) is 5.91 Å². The molecule has 3 aromatic carbocycles. The number of carbonyl (C=O) groups excluding carboxylic acids is 1. The van der Waals surface area contributed by atoms with Gasteiger partial charge in [-0.15, -0.1) is 0 Å². The van der Waals surface area contributed by atoms with Crippen molar-refractivity contribution in [3.05, 3.63) is 66.2 Å². The number of rotatable bonds is 7. The van der Waals surface area contributed by atoms with E-state index in [0.29, 0.717) is 6.54 Å². The third-order valence-electron chi connectivity index (χ3n) is 5.11. The van der Waals surface area contributed by atoms with Crippen LogP contribution >= 0.6 is 0 Å². The Labute approximate surface area is 165 Å². The summed E-state index contributed by atoms with van der Waals surface area (Å²) in [5.74, 6) is 1.50. The standard InChI is InChI=1S/C23H26N2O3/c1-16(25(2)15-19-10-12-21(27-3)14-22(19)28-4)23(26)24-20-11-9-17-7-5-6-8-18(17)13-20/h5-14,16H,15H2,1-4H3,(H,24,26)/p+1/t16-/m1/s1. The third-order valence-corrected chi connectivity index (χ3v) is 5.11. The molecule has 3 rings (SSSR count). The summed E-state index contributed by atoms with van der Waals surface area (Å²) >= 11 is 0. The van der Waals surface area contributed by atoms with Crippen molar-refractivity contribution in [3.63, 3.8) is 0 Å². The van der Waals surface area contributed by atoms with Crippen LogP contribution in [0.5, 0.6) is 11.5 Å². The van der Waals surface area contributed by atoms with Crippen molar-refractivity contribution >= 4 is 22.4 Å². The molecule has 0 spiro atoms. The first-order valence-corrected chi connectivity index (χ1v) is 9.34. The van der Waals surface area contributed by atoms with Gasteiger partial charge in [-0.1, -0.05) is 30.3 Å². The van der Waals surface area contributed by atoms with Crippen LogP contribution in [0.15, 0.2) is 60.7 Å².